The molecule has 1 saturated carbocycles. The van der Waals surface area contributed by atoms with Gasteiger partial charge >= 0.3 is 0 Å². The lowest BCUT2D eigenvalue weighted by molar-refractivity contribution is 0.296. The smallest absolute Gasteiger partial charge is 0.132 e. The van der Waals surface area contributed by atoms with Crippen molar-refractivity contribution in [3.8, 4) is 5.75 Å². The van der Waals surface area contributed by atoms with Crippen LogP contribution in [0.4, 0.5) is 11.5 Å². The third-order valence-corrected chi connectivity index (χ3v) is 4.59. The summed E-state index contributed by atoms with van der Waals surface area (Å²) in [4.78, 5) is 6.83. The average molecular weight is 324 g/mol. The van der Waals surface area contributed by atoms with Crippen LogP contribution in [-0.4, -0.2) is 18.1 Å². The minimum absolute atomic E-state index is 0.434. The highest BCUT2D eigenvalue weighted by molar-refractivity contribution is 5.63. The number of rotatable bonds is 7. The molecule has 1 aliphatic carbocycles. The van der Waals surface area contributed by atoms with E-state index >= 15 is 0 Å². The maximum atomic E-state index is 6.08. The maximum absolute atomic E-state index is 6.08. The Labute approximate surface area is 145 Å². The highest BCUT2D eigenvalue weighted by Gasteiger charge is 2.23. The third-order valence-electron chi connectivity index (χ3n) is 4.59. The van der Waals surface area contributed by atoms with E-state index in [9.17, 15) is 0 Å². The van der Waals surface area contributed by atoms with Crippen molar-refractivity contribution >= 4 is 11.5 Å². The second-order valence-corrected chi connectivity index (χ2v) is 7.07. The molecule has 0 radical (unpaired) electrons. The molecule has 2 aromatic rings. The molecule has 0 spiro atoms. The first-order valence-corrected chi connectivity index (χ1v) is 9.05. The summed E-state index contributed by atoms with van der Waals surface area (Å²) in [6.45, 7) is 10.4. The maximum Gasteiger partial charge on any atom is 0.132 e. The summed E-state index contributed by atoms with van der Waals surface area (Å²) in [6, 6.07) is 10.7. The topological polar surface area (TPSA) is 25.4 Å². The van der Waals surface area contributed by atoms with Gasteiger partial charge in [0.25, 0.3) is 0 Å². The van der Waals surface area contributed by atoms with Crippen LogP contribution in [0.3, 0.4) is 0 Å². The largest absolute Gasteiger partial charge is 0.493 e. The number of aromatic nitrogens is 1. The molecule has 1 heterocycles. The molecule has 1 aliphatic rings. The van der Waals surface area contributed by atoms with Gasteiger partial charge in [0.1, 0.15) is 11.6 Å². The van der Waals surface area contributed by atoms with Crippen LogP contribution in [0.15, 0.2) is 36.5 Å². The lowest BCUT2D eigenvalue weighted by atomic mass is 10.0. The van der Waals surface area contributed by atoms with Gasteiger partial charge in [0.05, 0.1) is 6.61 Å². The predicted octanol–water partition coefficient (Wildman–Crippen LogP) is 5.46. The number of ether oxygens (including phenoxy) is 1. The first-order chi connectivity index (χ1) is 11.6. The van der Waals surface area contributed by atoms with Gasteiger partial charge in [-0.05, 0) is 73.9 Å². The van der Waals surface area contributed by atoms with E-state index in [1.165, 1.54) is 29.7 Å². The van der Waals surface area contributed by atoms with Crippen molar-refractivity contribution in [2.45, 2.75) is 46.5 Å². The minimum atomic E-state index is 0.434. The van der Waals surface area contributed by atoms with Crippen LogP contribution in [0.2, 0.25) is 0 Å². The van der Waals surface area contributed by atoms with Crippen LogP contribution in [0.1, 0.15) is 50.7 Å². The zero-order valence-electron chi connectivity index (χ0n) is 15.2. The summed E-state index contributed by atoms with van der Waals surface area (Å²) in [5, 5.41) is 0. The minimum Gasteiger partial charge on any atom is -0.493 e. The second kappa shape index (κ2) is 7.25. The highest BCUT2D eigenvalue weighted by atomic mass is 16.5. The molecular weight excluding hydrogens is 296 g/mol. The number of benzene rings is 1. The number of anilines is 2. The van der Waals surface area contributed by atoms with E-state index in [0.29, 0.717) is 5.92 Å². The van der Waals surface area contributed by atoms with Gasteiger partial charge in [-0.25, -0.2) is 4.98 Å². The zero-order valence-corrected chi connectivity index (χ0v) is 15.2. The first kappa shape index (κ1) is 16.8. The molecule has 24 heavy (non-hydrogen) atoms. The molecule has 0 atom stereocenters. The molecule has 0 aliphatic heterocycles. The van der Waals surface area contributed by atoms with Gasteiger partial charge in [-0.15, -0.1) is 0 Å². The van der Waals surface area contributed by atoms with Crippen molar-refractivity contribution < 1.29 is 4.74 Å². The fourth-order valence-electron chi connectivity index (χ4n) is 2.88. The molecule has 3 nitrogen and oxygen atoms in total. The fourth-order valence-corrected chi connectivity index (χ4v) is 2.88. The molecule has 0 N–H and O–H groups in total. The van der Waals surface area contributed by atoms with Crippen LogP contribution in [-0.2, 0) is 0 Å². The molecule has 0 saturated heterocycles. The van der Waals surface area contributed by atoms with Gasteiger partial charge in [0.15, 0.2) is 0 Å². The summed E-state index contributed by atoms with van der Waals surface area (Å²) in [7, 11) is 0. The number of hydrogen-bond acceptors (Lipinski definition) is 3. The molecule has 128 valence electrons. The van der Waals surface area contributed by atoms with Crippen molar-refractivity contribution in [2.24, 2.45) is 5.92 Å². The normalized spacial score (nSPS) is 14.0. The fraction of sp³-hybridized carbons (Fsp3) is 0.476. The first-order valence-electron chi connectivity index (χ1n) is 9.05. The van der Waals surface area contributed by atoms with Crippen molar-refractivity contribution in [1.82, 2.24) is 4.98 Å². The Kier molecular flexibility index (Phi) is 5.08. The van der Waals surface area contributed by atoms with Gasteiger partial charge in [0, 0.05) is 18.4 Å². The van der Waals surface area contributed by atoms with Gasteiger partial charge in [-0.1, -0.05) is 19.9 Å². The Morgan fingerprint density at radius 3 is 2.58 bits per heavy atom. The SMILES string of the molecule is CCN(c1ccc(OCC2CC2)c(C(C)C)c1)c1ccc(C)cn1. The molecule has 1 fully saturated rings. The standard InChI is InChI=1S/C21H28N2O/c1-5-23(21-11-6-16(4)13-22-21)18-9-10-20(19(12-18)15(2)3)24-14-17-7-8-17/h6,9-13,15,17H,5,7-8,14H2,1-4H3. The lowest BCUT2D eigenvalue weighted by Gasteiger charge is -2.24. The van der Waals surface area contributed by atoms with Crippen molar-refractivity contribution in [3.05, 3.63) is 47.7 Å². The van der Waals surface area contributed by atoms with Crippen LogP contribution >= 0.6 is 0 Å². The van der Waals surface area contributed by atoms with Crippen LogP contribution in [0.5, 0.6) is 5.75 Å². The third kappa shape index (κ3) is 3.89. The van der Waals surface area contributed by atoms with E-state index in [1.54, 1.807) is 0 Å². The quantitative estimate of drug-likeness (QED) is 0.676. The van der Waals surface area contributed by atoms with Crippen molar-refractivity contribution in [3.63, 3.8) is 0 Å². The average Bonchev–Trinajstić information content (AvgIpc) is 3.40. The summed E-state index contributed by atoms with van der Waals surface area (Å²) >= 11 is 0. The van der Waals surface area contributed by atoms with E-state index in [2.05, 4.69) is 67.9 Å². The van der Waals surface area contributed by atoms with E-state index in [4.69, 9.17) is 4.74 Å². The zero-order chi connectivity index (χ0) is 17.1. The number of hydrogen-bond donors (Lipinski definition) is 0. The monoisotopic (exact) mass is 324 g/mol. The molecule has 3 heteroatoms. The Morgan fingerprint density at radius 1 is 1.21 bits per heavy atom. The lowest BCUT2D eigenvalue weighted by Crippen LogP contribution is -2.17. The summed E-state index contributed by atoms with van der Waals surface area (Å²) < 4.78 is 6.08. The van der Waals surface area contributed by atoms with Crippen LogP contribution < -0.4 is 9.64 Å². The van der Waals surface area contributed by atoms with E-state index in [-0.39, 0.29) is 0 Å². The van der Waals surface area contributed by atoms with Crippen LogP contribution in [0, 0.1) is 12.8 Å². The molecule has 0 amide bonds. The Balaban J connectivity index is 1.87. The summed E-state index contributed by atoms with van der Waals surface area (Å²) in [5.41, 5.74) is 3.64. The van der Waals surface area contributed by atoms with Crippen molar-refractivity contribution in [1.29, 1.82) is 0 Å². The molecule has 1 aromatic heterocycles. The van der Waals surface area contributed by atoms with Crippen LogP contribution in [0.25, 0.3) is 0 Å². The Hall–Kier alpha value is -2.03. The molecule has 1 aromatic carbocycles. The second-order valence-electron chi connectivity index (χ2n) is 7.07. The number of nitrogens with zero attached hydrogens (tertiary/aromatic N) is 2. The Morgan fingerprint density at radius 2 is 2.00 bits per heavy atom. The summed E-state index contributed by atoms with van der Waals surface area (Å²) in [5.74, 6) is 3.23. The van der Waals surface area contributed by atoms with Gasteiger partial charge < -0.3 is 9.64 Å². The van der Waals surface area contributed by atoms with E-state index < -0.39 is 0 Å². The van der Waals surface area contributed by atoms with Gasteiger partial charge in [0.2, 0.25) is 0 Å². The molecular formula is C21H28N2O. The van der Waals surface area contributed by atoms with Crippen molar-refractivity contribution in [2.75, 3.05) is 18.1 Å². The van der Waals surface area contributed by atoms with Gasteiger partial charge in [-0.2, -0.15) is 0 Å². The van der Waals surface area contributed by atoms with E-state index in [0.717, 1.165) is 30.6 Å². The number of aryl methyl sites for hydroxylation is 1. The Bertz CT molecular complexity index is 675. The van der Waals surface area contributed by atoms with Gasteiger partial charge in [-0.3, -0.25) is 0 Å². The van der Waals surface area contributed by atoms with E-state index in [1.807, 2.05) is 6.20 Å². The molecule has 3 rings (SSSR count). The molecule has 0 bridgehead atoms. The summed E-state index contributed by atoms with van der Waals surface area (Å²) in [6.07, 6.45) is 4.56. The predicted molar refractivity (Wildman–Crippen MR) is 100 cm³/mol. The highest BCUT2D eigenvalue weighted by Crippen LogP contribution is 2.35. The molecule has 0 unspecified atom stereocenters. The number of pyridine rings is 1.